The summed E-state index contributed by atoms with van der Waals surface area (Å²) in [4.78, 5) is 0. The average molecular weight is 309 g/mol. The maximum atomic E-state index is 12.4. The molecule has 0 aromatic heterocycles. The predicted molar refractivity (Wildman–Crippen MR) is 65.6 cm³/mol. The number of hydrogen-bond acceptors (Lipinski definition) is 4. The van der Waals surface area contributed by atoms with Crippen LogP contribution in [0.15, 0.2) is 18.2 Å². The number of alkyl halides is 4. The molecule has 0 aliphatic heterocycles. The van der Waals surface area contributed by atoms with Crippen LogP contribution < -0.4 is 14.8 Å². The zero-order chi connectivity index (χ0) is 15.5. The monoisotopic (exact) mass is 309 g/mol. The van der Waals surface area contributed by atoms with E-state index >= 15 is 0 Å². The molecule has 0 radical (unpaired) electrons. The van der Waals surface area contributed by atoms with Crippen molar-refractivity contribution in [3.05, 3.63) is 23.8 Å². The quantitative estimate of drug-likeness (QED) is 0.725. The van der Waals surface area contributed by atoms with Crippen molar-refractivity contribution in [2.75, 3.05) is 6.61 Å². The molecule has 1 aromatic carbocycles. The first-order valence-electron chi connectivity index (χ1n) is 6.32. The molecular formula is C13H15F4NO3. The van der Waals surface area contributed by atoms with Gasteiger partial charge >= 0.3 is 13.2 Å². The second-order valence-corrected chi connectivity index (χ2v) is 4.82. The van der Waals surface area contributed by atoms with E-state index in [4.69, 9.17) is 0 Å². The van der Waals surface area contributed by atoms with Gasteiger partial charge in [-0.25, -0.2) is 0 Å². The zero-order valence-corrected chi connectivity index (χ0v) is 11.0. The van der Waals surface area contributed by atoms with Crippen LogP contribution in [-0.4, -0.2) is 30.5 Å². The van der Waals surface area contributed by atoms with Crippen molar-refractivity contribution in [2.45, 2.75) is 38.1 Å². The summed E-state index contributed by atoms with van der Waals surface area (Å²) in [6, 6.07) is 3.61. The SMILES string of the molecule is OCC1(NCc2ccc(OC(F)F)cc2OC(F)F)CC1. The highest BCUT2D eigenvalue weighted by molar-refractivity contribution is 5.41. The lowest BCUT2D eigenvalue weighted by Crippen LogP contribution is -2.34. The molecule has 1 aromatic rings. The standard InChI is InChI=1S/C13H15F4NO3/c14-11(15)20-9-2-1-8(10(5-9)21-12(16)17)6-18-13(7-19)3-4-13/h1-2,5,11-12,18-19H,3-4,6-7H2. The van der Waals surface area contributed by atoms with Crippen LogP contribution in [0.4, 0.5) is 17.6 Å². The molecule has 2 rings (SSSR count). The fourth-order valence-corrected chi connectivity index (χ4v) is 1.89. The Balaban J connectivity index is 2.10. The number of rotatable bonds is 8. The Hall–Kier alpha value is -1.54. The molecule has 8 heteroatoms. The Labute approximate surface area is 118 Å². The molecule has 0 atom stereocenters. The van der Waals surface area contributed by atoms with Gasteiger partial charge in [0.15, 0.2) is 0 Å². The van der Waals surface area contributed by atoms with Crippen molar-refractivity contribution in [1.29, 1.82) is 0 Å². The molecule has 0 spiro atoms. The molecule has 1 saturated carbocycles. The summed E-state index contributed by atoms with van der Waals surface area (Å²) in [6.45, 7) is -5.99. The zero-order valence-electron chi connectivity index (χ0n) is 11.0. The predicted octanol–water partition coefficient (Wildman–Crippen LogP) is 2.50. The average Bonchev–Trinajstić information content (AvgIpc) is 3.17. The van der Waals surface area contributed by atoms with E-state index in [2.05, 4.69) is 14.8 Å². The molecule has 118 valence electrons. The van der Waals surface area contributed by atoms with E-state index in [-0.39, 0.29) is 30.2 Å². The maximum Gasteiger partial charge on any atom is 0.387 e. The lowest BCUT2D eigenvalue weighted by molar-refractivity contribution is -0.0547. The van der Waals surface area contributed by atoms with Gasteiger partial charge in [0.2, 0.25) is 0 Å². The topological polar surface area (TPSA) is 50.7 Å². The summed E-state index contributed by atoms with van der Waals surface area (Å²) < 4.78 is 57.5. The highest BCUT2D eigenvalue weighted by Gasteiger charge is 2.41. The van der Waals surface area contributed by atoms with Gasteiger partial charge in [0.1, 0.15) is 11.5 Å². The van der Waals surface area contributed by atoms with Crippen LogP contribution in [0.2, 0.25) is 0 Å². The summed E-state index contributed by atoms with van der Waals surface area (Å²) in [5.74, 6) is -0.489. The number of benzene rings is 1. The van der Waals surface area contributed by atoms with Gasteiger partial charge in [0, 0.05) is 23.7 Å². The number of halogens is 4. The van der Waals surface area contributed by atoms with Crippen molar-refractivity contribution in [2.24, 2.45) is 0 Å². The molecule has 0 saturated heterocycles. The van der Waals surface area contributed by atoms with Crippen molar-refractivity contribution >= 4 is 0 Å². The maximum absolute atomic E-state index is 12.4. The number of aliphatic hydroxyl groups excluding tert-OH is 1. The molecule has 21 heavy (non-hydrogen) atoms. The van der Waals surface area contributed by atoms with Crippen LogP contribution in [0.3, 0.4) is 0 Å². The number of ether oxygens (including phenoxy) is 2. The highest BCUT2D eigenvalue weighted by Crippen LogP contribution is 2.36. The molecule has 0 heterocycles. The third-order valence-corrected chi connectivity index (χ3v) is 3.29. The van der Waals surface area contributed by atoms with Crippen molar-refractivity contribution in [3.63, 3.8) is 0 Å². The van der Waals surface area contributed by atoms with Crippen LogP contribution in [0, 0.1) is 0 Å². The normalized spacial score (nSPS) is 16.3. The minimum atomic E-state index is -3.07. The molecule has 0 unspecified atom stereocenters. The van der Waals surface area contributed by atoms with Gasteiger partial charge in [-0.15, -0.1) is 0 Å². The molecular weight excluding hydrogens is 294 g/mol. The molecule has 0 bridgehead atoms. The summed E-state index contributed by atoms with van der Waals surface area (Å²) >= 11 is 0. The lowest BCUT2D eigenvalue weighted by Gasteiger charge is -2.17. The third-order valence-electron chi connectivity index (χ3n) is 3.29. The van der Waals surface area contributed by atoms with Crippen molar-refractivity contribution < 1.29 is 32.1 Å². The van der Waals surface area contributed by atoms with Gasteiger partial charge in [-0.3, -0.25) is 0 Å². The molecule has 4 nitrogen and oxygen atoms in total. The van der Waals surface area contributed by atoms with Crippen molar-refractivity contribution in [1.82, 2.24) is 5.32 Å². The summed E-state index contributed by atoms with van der Waals surface area (Å²) in [5.41, 5.74) is -0.00287. The fourth-order valence-electron chi connectivity index (χ4n) is 1.89. The number of hydrogen-bond donors (Lipinski definition) is 2. The van der Waals surface area contributed by atoms with Crippen molar-refractivity contribution in [3.8, 4) is 11.5 Å². The Morgan fingerprint density at radius 2 is 1.81 bits per heavy atom. The summed E-state index contributed by atoms with van der Waals surface area (Å²) in [6.07, 6.45) is 1.59. The van der Waals surface area contributed by atoms with Crippen LogP contribution >= 0.6 is 0 Å². The molecule has 1 aliphatic rings. The van der Waals surface area contributed by atoms with Crippen LogP contribution in [-0.2, 0) is 6.54 Å². The number of aliphatic hydroxyl groups is 1. The minimum Gasteiger partial charge on any atom is -0.435 e. The van der Waals surface area contributed by atoms with Crippen LogP contribution in [0.1, 0.15) is 18.4 Å². The smallest absolute Gasteiger partial charge is 0.387 e. The molecule has 1 fully saturated rings. The Morgan fingerprint density at radius 1 is 1.14 bits per heavy atom. The van der Waals surface area contributed by atoms with Gasteiger partial charge in [-0.1, -0.05) is 6.07 Å². The highest BCUT2D eigenvalue weighted by atomic mass is 19.3. The molecule has 1 aliphatic carbocycles. The number of nitrogens with one attached hydrogen (secondary N) is 1. The van der Waals surface area contributed by atoms with Gasteiger partial charge in [-0.2, -0.15) is 17.6 Å². The molecule has 0 amide bonds. The van der Waals surface area contributed by atoms with Gasteiger partial charge in [0.25, 0.3) is 0 Å². The molecule has 2 N–H and O–H groups in total. The van der Waals surface area contributed by atoms with E-state index in [1.807, 2.05) is 0 Å². The first kappa shape index (κ1) is 15.8. The van der Waals surface area contributed by atoms with Gasteiger partial charge in [-0.05, 0) is 18.9 Å². The summed E-state index contributed by atoms with van der Waals surface area (Å²) in [7, 11) is 0. The minimum absolute atomic E-state index is 0.0510. The first-order valence-corrected chi connectivity index (χ1v) is 6.32. The second-order valence-electron chi connectivity index (χ2n) is 4.82. The van der Waals surface area contributed by atoms with Crippen LogP contribution in [0.25, 0.3) is 0 Å². The Morgan fingerprint density at radius 3 is 2.33 bits per heavy atom. The van der Waals surface area contributed by atoms with E-state index in [0.717, 1.165) is 18.9 Å². The largest absolute Gasteiger partial charge is 0.435 e. The van der Waals surface area contributed by atoms with E-state index in [1.165, 1.54) is 12.1 Å². The van der Waals surface area contributed by atoms with Gasteiger partial charge in [0.05, 0.1) is 6.61 Å². The van der Waals surface area contributed by atoms with E-state index in [9.17, 15) is 22.7 Å². The Bertz CT molecular complexity index is 480. The third kappa shape index (κ3) is 4.47. The van der Waals surface area contributed by atoms with E-state index in [0.29, 0.717) is 5.56 Å². The van der Waals surface area contributed by atoms with E-state index < -0.39 is 13.2 Å². The van der Waals surface area contributed by atoms with Crippen LogP contribution in [0.5, 0.6) is 11.5 Å². The first-order chi connectivity index (χ1) is 9.94. The van der Waals surface area contributed by atoms with Gasteiger partial charge < -0.3 is 19.9 Å². The fraction of sp³-hybridized carbons (Fsp3) is 0.538. The lowest BCUT2D eigenvalue weighted by atomic mass is 10.1. The summed E-state index contributed by atoms with van der Waals surface area (Å²) in [5, 5.41) is 12.2. The second kappa shape index (κ2) is 6.48. The van der Waals surface area contributed by atoms with E-state index in [1.54, 1.807) is 0 Å². The Kier molecular flexibility index (Phi) is 4.89.